The fourth-order valence-electron chi connectivity index (χ4n) is 1.98. The summed E-state index contributed by atoms with van der Waals surface area (Å²) in [5.41, 5.74) is 1.98. The van der Waals surface area contributed by atoms with Gasteiger partial charge in [0.1, 0.15) is 5.01 Å². The van der Waals surface area contributed by atoms with E-state index in [1.807, 2.05) is 42.8 Å². The average molecular weight is 283 g/mol. The fraction of sp³-hybridized carbons (Fsp3) is 0.133. The number of carbonyl (C=O) groups excluding carboxylic acids is 1. The minimum Gasteiger partial charge on any atom is -0.332 e. The lowest BCUT2D eigenvalue weighted by molar-refractivity contribution is 0.0980. The Morgan fingerprint density at radius 1 is 1.30 bits per heavy atom. The molecule has 0 aliphatic carbocycles. The minimum absolute atomic E-state index is 0.00791. The molecule has 0 amide bonds. The Kier molecular flexibility index (Phi) is 3.43. The second-order valence-corrected chi connectivity index (χ2v) is 5.40. The Hall–Kier alpha value is -2.27. The van der Waals surface area contributed by atoms with Gasteiger partial charge in [-0.05, 0) is 0 Å². The van der Waals surface area contributed by atoms with E-state index in [4.69, 9.17) is 0 Å². The number of thiazole rings is 1. The molecule has 4 nitrogen and oxygen atoms in total. The van der Waals surface area contributed by atoms with E-state index in [9.17, 15) is 4.79 Å². The lowest BCUT2D eigenvalue weighted by Crippen LogP contribution is -2.09. The van der Waals surface area contributed by atoms with Crippen LogP contribution in [0.15, 0.2) is 48.1 Å². The molecule has 3 rings (SSSR count). The van der Waals surface area contributed by atoms with Crippen LogP contribution in [0.3, 0.4) is 0 Å². The van der Waals surface area contributed by atoms with Gasteiger partial charge in [-0.3, -0.25) is 4.79 Å². The molecule has 0 aliphatic heterocycles. The van der Waals surface area contributed by atoms with Crippen LogP contribution in [0.2, 0.25) is 0 Å². The summed E-state index contributed by atoms with van der Waals surface area (Å²) in [4.78, 5) is 20.7. The number of Topliss-reactive ketones (excluding diaryl/α,β-unsaturated/α-hetero) is 1. The van der Waals surface area contributed by atoms with E-state index < -0.39 is 0 Å². The Morgan fingerprint density at radius 3 is 2.80 bits per heavy atom. The van der Waals surface area contributed by atoms with Crippen molar-refractivity contribution in [3.05, 3.63) is 58.9 Å². The summed E-state index contributed by atoms with van der Waals surface area (Å²) in [6.45, 7) is 0. The monoisotopic (exact) mass is 283 g/mol. The molecular weight excluding hydrogens is 270 g/mol. The molecule has 0 atom stereocenters. The number of rotatable bonds is 4. The van der Waals surface area contributed by atoms with Crippen molar-refractivity contribution in [3.63, 3.8) is 0 Å². The molecule has 100 valence electrons. The van der Waals surface area contributed by atoms with E-state index in [0.29, 0.717) is 12.2 Å². The van der Waals surface area contributed by atoms with Crippen LogP contribution in [0.4, 0.5) is 0 Å². The molecule has 0 spiro atoms. The number of carbonyl (C=O) groups is 1. The van der Waals surface area contributed by atoms with Crippen LogP contribution in [0, 0.1) is 0 Å². The zero-order valence-corrected chi connectivity index (χ0v) is 11.8. The highest BCUT2D eigenvalue weighted by molar-refractivity contribution is 7.10. The van der Waals surface area contributed by atoms with Crippen molar-refractivity contribution in [2.75, 3.05) is 0 Å². The normalized spacial score (nSPS) is 10.7. The third-order valence-electron chi connectivity index (χ3n) is 3.00. The number of hydrogen-bond acceptors (Lipinski definition) is 4. The minimum atomic E-state index is -0.00791. The Bertz CT molecular complexity index is 730. The van der Waals surface area contributed by atoms with Crippen molar-refractivity contribution in [1.82, 2.24) is 14.5 Å². The number of aryl methyl sites for hydroxylation is 1. The van der Waals surface area contributed by atoms with E-state index >= 15 is 0 Å². The molecule has 0 saturated carbocycles. The van der Waals surface area contributed by atoms with E-state index in [2.05, 4.69) is 9.97 Å². The first-order valence-electron chi connectivity index (χ1n) is 6.24. The average Bonchev–Trinajstić information content (AvgIpc) is 3.09. The van der Waals surface area contributed by atoms with Gasteiger partial charge in [0.2, 0.25) is 5.78 Å². The van der Waals surface area contributed by atoms with Gasteiger partial charge in [-0.2, -0.15) is 0 Å². The van der Waals surface area contributed by atoms with Gasteiger partial charge in [-0.1, -0.05) is 30.3 Å². The molecule has 0 aliphatic rings. The maximum Gasteiger partial charge on any atom is 0.205 e. The molecular formula is C15H13N3OS. The molecule has 0 unspecified atom stereocenters. The highest BCUT2D eigenvalue weighted by Crippen LogP contribution is 2.22. The van der Waals surface area contributed by atoms with Crippen molar-refractivity contribution < 1.29 is 4.79 Å². The van der Waals surface area contributed by atoms with Crippen LogP contribution in [0.1, 0.15) is 15.6 Å². The second-order valence-electron chi connectivity index (χ2n) is 4.45. The molecule has 1 aromatic carbocycles. The van der Waals surface area contributed by atoms with Gasteiger partial charge in [-0.25, -0.2) is 9.97 Å². The third kappa shape index (κ3) is 2.53. The molecule has 2 aromatic heterocycles. The standard InChI is InChI=1S/C15H13N3OS/c1-18-8-7-16-15(18)13(19)9-14-17-12(10-20-14)11-5-3-2-4-6-11/h2-8,10H,9H2,1H3. The molecule has 5 heteroatoms. The van der Waals surface area contributed by atoms with Gasteiger partial charge in [-0.15, -0.1) is 11.3 Å². The predicted octanol–water partition coefficient (Wildman–Crippen LogP) is 2.97. The molecule has 20 heavy (non-hydrogen) atoms. The number of nitrogens with zero attached hydrogens (tertiary/aromatic N) is 3. The molecule has 0 fully saturated rings. The molecule has 0 saturated heterocycles. The summed E-state index contributed by atoms with van der Waals surface area (Å²) in [6.07, 6.45) is 3.69. The molecule has 0 radical (unpaired) electrons. The Labute approximate surface area is 120 Å². The first-order valence-corrected chi connectivity index (χ1v) is 7.12. The highest BCUT2D eigenvalue weighted by Gasteiger charge is 2.14. The topological polar surface area (TPSA) is 47.8 Å². The van der Waals surface area contributed by atoms with E-state index in [1.54, 1.807) is 17.0 Å². The van der Waals surface area contributed by atoms with Gasteiger partial charge in [0, 0.05) is 30.4 Å². The zero-order valence-electron chi connectivity index (χ0n) is 11.0. The summed E-state index contributed by atoms with van der Waals surface area (Å²) in [6, 6.07) is 9.96. The van der Waals surface area contributed by atoms with Crippen molar-refractivity contribution in [3.8, 4) is 11.3 Å². The maximum absolute atomic E-state index is 12.1. The summed E-state index contributed by atoms with van der Waals surface area (Å²) in [5.74, 6) is 0.466. The van der Waals surface area contributed by atoms with Crippen molar-refractivity contribution in [2.24, 2.45) is 7.05 Å². The van der Waals surface area contributed by atoms with Gasteiger partial charge in [0.15, 0.2) is 5.82 Å². The quantitative estimate of drug-likeness (QED) is 0.692. The lowest BCUT2D eigenvalue weighted by atomic mass is 10.2. The number of hydrogen-bond donors (Lipinski definition) is 0. The SMILES string of the molecule is Cn1ccnc1C(=O)Cc1nc(-c2ccccc2)cs1. The smallest absolute Gasteiger partial charge is 0.205 e. The van der Waals surface area contributed by atoms with Gasteiger partial charge >= 0.3 is 0 Å². The van der Waals surface area contributed by atoms with Gasteiger partial charge < -0.3 is 4.57 Å². The summed E-state index contributed by atoms with van der Waals surface area (Å²) in [5, 5.41) is 2.80. The number of ketones is 1. The van der Waals surface area contributed by atoms with E-state index in [-0.39, 0.29) is 5.78 Å². The fourth-order valence-corrected chi connectivity index (χ4v) is 2.79. The Balaban J connectivity index is 1.78. The van der Waals surface area contributed by atoms with Gasteiger partial charge in [0.25, 0.3) is 0 Å². The first kappa shape index (κ1) is 12.7. The van der Waals surface area contributed by atoms with Crippen molar-refractivity contribution in [2.45, 2.75) is 6.42 Å². The largest absolute Gasteiger partial charge is 0.332 e. The van der Waals surface area contributed by atoms with Crippen LogP contribution in [-0.4, -0.2) is 20.3 Å². The second kappa shape index (κ2) is 5.38. The van der Waals surface area contributed by atoms with Crippen LogP contribution in [0.5, 0.6) is 0 Å². The summed E-state index contributed by atoms with van der Waals surface area (Å²) in [7, 11) is 1.82. The predicted molar refractivity (Wildman–Crippen MR) is 78.8 cm³/mol. The third-order valence-corrected chi connectivity index (χ3v) is 3.85. The van der Waals surface area contributed by atoms with Gasteiger partial charge in [0.05, 0.1) is 12.1 Å². The number of benzene rings is 1. The molecule has 0 bridgehead atoms. The molecule has 3 aromatic rings. The zero-order chi connectivity index (χ0) is 13.9. The van der Waals surface area contributed by atoms with Crippen molar-refractivity contribution >= 4 is 17.1 Å². The molecule has 2 heterocycles. The van der Waals surface area contributed by atoms with E-state index in [0.717, 1.165) is 16.3 Å². The van der Waals surface area contributed by atoms with E-state index in [1.165, 1.54) is 11.3 Å². The Morgan fingerprint density at radius 2 is 2.10 bits per heavy atom. The molecule has 0 N–H and O–H groups in total. The summed E-state index contributed by atoms with van der Waals surface area (Å²) >= 11 is 1.51. The first-order chi connectivity index (χ1) is 9.74. The highest BCUT2D eigenvalue weighted by atomic mass is 32.1. The van der Waals surface area contributed by atoms with Crippen LogP contribution >= 0.6 is 11.3 Å². The van der Waals surface area contributed by atoms with Crippen LogP contribution in [0.25, 0.3) is 11.3 Å². The maximum atomic E-state index is 12.1. The lowest BCUT2D eigenvalue weighted by Gasteiger charge is -1.98. The van der Waals surface area contributed by atoms with Crippen LogP contribution < -0.4 is 0 Å². The number of aromatic nitrogens is 3. The summed E-state index contributed by atoms with van der Waals surface area (Å²) < 4.78 is 1.73. The van der Waals surface area contributed by atoms with Crippen LogP contribution in [-0.2, 0) is 13.5 Å². The number of imidazole rings is 1. The van der Waals surface area contributed by atoms with Crippen molar-refractivity contribution in [1.29, 1.82) is 0 Å².